The normalized spacial score (nSPS) is 16.9. The molecule has 0 aliphatic carbocycles. The molecule has 2 rings (SSSR count). The van der Waals surface area contributed by atoms with Crippen LogP contribution in [0.3, 0.4) is 0 Å². The van der Waals surface area contributed by atoms with Crippen molar-refractivity contribution in [2.75, 3.05) is 6.54 Å². The maximum absolute atomic E-state index is 11.5. The molecule has 2 amide bonds. The zero-order chi connectivity index (χ0) is 11.4. The molecule has 0 spiro atoms. The van der Waals surface area contributed by atoms with Gasteiger partial charge in [-0.25, -0.2) is 0 Å². The number of aryl methyl sites for hydroxylation is 1. The Labute approximate surface area is 94.2 Å². The van der Waals surface area contributed by atoms with Crippen LogP contribution in [0, 0.1) is 0 Å². The fourth-order valence-corrected chi connectivity index (χ4v) is 1.92. The van der Waals surface area contributed by atoms with Crippen LogP contribution < -0.4 is 0 Å². The fourth-order valence-electron chi connectivity index (χ4n) is 1.92. The van der Waals surface area contributed by atoms with Gasteiger partial charge in [0.2, 0.25) is 11.8 Å². The van der Waals surface area contributed by atoms with Gasteiger partial charge in [0.1, 0.15) is 5.76 Å². The molecule has 86 valence electrons. The summed E-state index contributed by atoms with van der Waals surface area (Å²) in [6, 6.07) is 3.74. The van der Waals surface area contributed by atoms with E-state index in [0.29, 0.717) is 25.8 Å². The fraction of sp³-hybridized carbons (Fsp3) is 0.500. The molecule has 1 fully saturated rings. The largest absolute Gasteiger partial charge is 0.469 e. The second-order valence-corrected chi connectivity index (χ2v) is 3.98. The predicted octanol–water partition coefficient (Wildman–Crippen LogP) is 1.75. The Hall–Kier alpha value is -1.58. The zero-order valence-electron chi connectivity index (χ0n) is 9.15. The minimum absolute atomic E-state index is 0.0318. The van der Waals surface area contributed by atoms with Crippen LogP contribution in [0.15, 0.2) is 22.8 Å². The molecule has 0 bridgehead atoms. The van der Waals surface area contributed by atoms with Crippen LogP contribution in [-0.4, -0.2) is 23.3 Å². The smallest absolute Gasteiger partial charge is 0.229 e. The molecule has 0 N–H and O–H groups in total. The summed E-state index contributed by atoms with van der Waals surface area (Å²) in [6.07, 6.45) is 4.88. The lowest BCUT2D eigenvalue weighted by atomic mass is 10.1. The molecule has 4 heteroatoms. The van der Waals surface area contributed by atoms with Gasteiger partial charge in [0.25, 0.3) is 0 Å². The number of imide groups is 1. The van der Waals surface area contributed by atoms with Gasteiger partial charge in [0.15, 0.2) is 0 Å². The van der Waals surface area contributed by atoms with Crippen molar-refractivity contribution >= 4 is 11.8 Å². The van der Waals surface area contributed by atoms with Crippen LogP contribution in [0.5, 0.6) is 0 Å². The van der Waals surface area contributed by atoms with E-state index < -0.39 is 0 Å². The number of carbonyl (C=O) groups is 2. The first-order valence-corrected chi connectivity index (χ1v) is 5.63. The van der Waals surface area contributed by atoms with Gasteiger partial charge in [-0.2, -0.15) is 0 Å². The maximum Gasteiger partial charge on any atom is 0.229 e. The van der Waals surface area contributed by atoms with Crippen LogP contribution in [0.4, 0.5) is 0 Å². The quantitative estimate of drug-likeness (QED) is 0.728. The molecule has 1 saturated heterocycles. The Kier molecular flexibility index (Phi) is 3.39. The molecule has 0 aromatic carbocycles. The van der Waals surface area contributed by atoms with Gasteiger partial charge in [-0.15, -0.1) is 0 Å². The van der Waals surface area contributed by atoms with Crippen molar-refractivity contribution in [3.63, 3.8) is 0 Å². The zero-order valence-corrected chi connectivity index (χ0v) is 9.15. The van der Waals surface area contributed by atoms with Crippen molar-refractivity contribution in [3.8, 4) is 0 Å². The number of likely N-dealkylation sites (tertiary alicyclic amines) is 1. The number of carbonyl (C=O) groups excluding carboxylic acids is 2. The molecule has 2 heterocycles. The topological polar surface area (TPSA) is 50.5 Å². The molecule has 1 aliphatic heterocycles. The molecule has 0 radical (unpaired) electrons. The van der Waals surface area contributed by atoms with Crippen LogP contribution in [0.1, 0.15) is 31.4 Å². The van der Waals surface area contributed by atoms with Crippen LogP contribution in [0.2, 0.25) is 0 Å². The van der Waals surface area contributed by atoms with E-state index in [-0.39, 0.29) is 11.8 Å². The van der Waals surface area contributed by atoms with Gasteiger partial charge >= 0.3 is 0 Å². The van der Waals surface area contributed by atoms with Crippen molar-refractivity contribution in [2.45, 2.75) is 32.1 Å². The lowest BCUT2D eigenvalue weighted by Crippen LogP contribution is -2.40. The monoisotopic (exact) mass is 221 g/mol. The van der Waals surface area contributed by atoms with Crippen LogP contribution >= 0.6 is 0 Å². The molecule has 1 aromatic heterocycles. The third-order valence-electron chi connectivity index (χ3n) is 2.77. The first-order chi connectivity index (χ1) is 7.77. The third kappa shape index (κ3) is 2.51. The Balaban J connectivity index is 1.80. The second-order valence-electron chi connectivity index (χ2n) is 3.98. The summed E-state index contributed by atoms with van der Waals surface area (Å²) in [6.45, 7) is 0.512. The van der Waals surface area contributed by atoms with Crippen LogP contribution in [0.25, 0.3) is 0 Å². The molecule has 0 unspecified atom stereocenters. The van der Waals surface area contributed by atoms with Gasteiger partial charge < -0.3 is 4.42 Å². The molecule has 1 aliphatic rings. The van der Waals surface area contributed by atoms with Gasteiger partial charge in [-0.3, -0.25) is 14.5 Å². The minimum atomic E-state index is -0.0318. The first kappa shape index (κ1) is 10.9. The highest BCUT2D eigenvalue weighted by Gasteiger charge is 2.24. The second kappa shape index (κ2) is 4.96. The highest BCUT2D eigenvalue weighted by Crippen LogP contribution is 2.13. The van der Waals surface area contributed by atoms with E-state index in [9.17, 15) is 9.59 Å². The Morgan fingerprint density at radius 3 is 2.62 bits per heavy atom. The molecule has 16 heavy (non-hydrogen) atoms. The molecule has 0 atom stereocenters. The number of piperidine rings is 1. The van der Waals surface area contributed by atoms with Gasteiger partial charge in [-0.1, -0.05) is 0 Å². The van der Waals surface area contributed by atoms with Crippen molar-refractivity contribution < 1.29 is 14.0 Å². The predicted molar refractivity (Wildman–Crippen MR) is 57.6 cm³/mol. The number of amides is 2. The maximum atomic E-state index is 11.5. The standard InChI is InChI=1S/C12H15NO3/c14-11-6-1-7-12(15)13(11)8-2-4-10-5-3-9-16-10/h3,5,9H,1-2,4,6-8H2. The average Bonchev–Trinajstić information content (AvgIpc) is 2.75. The Bertz CT molecular complexity index is 354. The number of hydrogen-bond donors (Lipinski definition) is 0. The molecular weight excluding hydrogens is 206 g/mol. The summed E-state index contributed by atoms with van der Waals surface area (Å²) in [5, 5.41) is 0. The summed E-state index contributed by atoms with van der Waals surface area (Å²) in [5.41, 5.74) is 0. The van der Waals surface area contributed by atoms with Crippen molar-refractivity contribution in [3.05, 3.63) is 24.2 Å². The first-order valence-electron chi connectivity index (χ1n) is 5.63. The highest BCUT2D eigenvalue weighted by atomic mass is 16.3. The van der Waals surface area contributed by atoms with E-state index in [2.05, 4.69) is 0 Å². The average molecular weight is 221 g/mol. The van der Waals surface area contributed by atoms with Crippen molar-refractivity contribution in [1.82, 2.24) is 4.90 Å². The van der Waals surface area contributed by atoms with E-state index in [1.54, 1.807) is 6.26 Å². The molecule has 0 saturated carbocycles. The third-order valence-corrected chi connectivity index (χ3v) is 2.77. The summed E-state index contributed by atoms with van der Waals surface area (Å²) in [7, 11) is 0. The Morgan fingerprint density at radius 2 is 2.00 bits per heavy atom. The van der Waals surface area contributed by atoms with E-state index >= 15 is 0 Å². The van der Waals surface area contributed by atoms with E-state index in [0.717, 1.165) is 18.6 Å². The van der Waals surface area contributed by atoms with Crippen molar-refractivity contribution in [1.29, 1.82) is 0 Å². The van der Waals surface area contributed by atoms with Crippen molar-refractivity contribution in [2.24, 2.45) is 0 Å². The molecule has 1 aromatic rings. The highest BCUT2D eigenvalue weighted by molar-refractivity contribution is 5.97. The number of rotatable bonds is 4. The van der Waals surface area contributed by atoms with E-state index in [1.165, 1.54) is 4.90 Å². The lowest BCUT2D eigenvalue weighted by molar-refractivity contribution is -0.147. The summed E-state index contributed by atoms with van der Waals surface area (Å²) in [4.78, 5) is 24.3. The van der Waals surface area contributed by atoms with Gasteiger partial charge in [-0.05, 0) is 25.0 Å². The summed E-state index contributed by atoms with van der Waals surface area (Å²) >= 11 is 0. The summed E-state index contributed by atoms with van der Waals surface area (Å²) < 4.78 is 5.19. The number of furan rings is 1. The minimum Gasteiger partial charge on any atom is -0.469 e. The van der Waals surface area contributed by atoms with E-state index in [4.69, 9.17) is 4.42 Å². The summed E-state index contributed by atoms with van der Waals surface area (Å²) in [5.74, 6) is 0.836. The Morgan fingerprint density at radius 1 is 1.25 bits per heavy atom. The van der Waals surface area contributed by atoms with Gasteiger partial charge in [0.05, 0.1) is 6.26 Å². The number of hydrogen-bond acceptors (Lipinski definition) is 3. The lowest BCUT2D eigenvalue weighted by Gasteiger charge is -2.24. The number of nitrogens with zero attached hydrogens (tertiary/aromatic N) is 1. The van der Waals surface area contributed by atoms with Crippen LogP contribution in [-0.2, 0) is 16.0 Å². The molecular formula is C12H15NO3. The van der Waals surface area contributed by atoms with E-state index in [1.807, 2.05) is 12.1 Å². The van der Waals surface area contributed by atoms with Gasteiger partial charge in [0, 0.05) is 25.8 Å². The molecule has 4 nitrogen and oxygen atoms in total. The SMILES string of the molecule is O=C1CCCC(=O)N1CCCc1ccco1.